The van der Waals surface area contributed by atoms with Crippen LogP contribution in [0.4, 0.5) is 4.79 Å². The molecule has 0 spiro atoms. The molecule has 0 aliphatic heterocycles. The molecule has 4 aromatic rings. The molecule has 9 heteroatoms. The van der Waals surface area contributed by atoms with Crippen molar-refractivity contribution in [1.29, 1.82) is 0 Å². The highest BCUT2D eigenvalue weighted by molar-refractivity contribution is 6.31. The third-order valence-electron chi connectivity index (χ3n) is 4.01. The monoisotopic (exact) mass is 384 g/mol. The number of benzene rings is 1. The average Bonchev–Trinajstić information content (AvgIpc) is 3.15. The molecule has 0 fully saturated rings. The Labute approximate surface area is 159 Å². The maximum atomic E-state index is 11.9. The summed E-state index contributed by atoms with van der Waals surface area (Å²) in [7, 11) is 1.84. The molecular formula is C18H17ClN6O2. The van der Waals surface area contributed by atoms with Crippen LogP contribution >= 0.6 is 11.6 Å². The third-order valence-corrected chi connectivity index (χ3v) is 4.25. The van der Waals surface area contributed by atoms with Crippen LogP contribution < -0.4 is 10.1 Å². The highest BCUT2D eigenvalue weighted by Gasteiger charge is 2.17. The van der Waals surface area contributed by atoms with Crippen LogP contribution in [0.2, 0.25) is 5.02 Å². The molecule has 0 radical (unpaired) electrons. The fourth-order valence-corrected chi connectivity index (χ4v) is 3.01. The van der Waals surface area contributed by atoms with Crippen LogP contribution in [0, 0.1) is 0 Å². The molecule has 0 saturated heterocycles. The van der Waals surface area contributed by atoms with Gasteiger partial charge in [0.2, 0.25) is 0 Å². The van der Waals surface area contributed by atoms with Gasteiger partial charge in [-0.3, -0.25) is 4.68 Å². The Bertz CT molecular complexity index is 1160. The number of hydrogen-bond donors (Lipinski definition) is 2. The van der Waals surface area contributed by atoms with E-state index in [4.69, 9.17) is 16.3 Å². The largest absolute Gasteiger partial charge is 0.412 e. The standard InChI is InChI=1S/C18H17ClN6O2/c1-9(2)22-18(26)27-14-8-21-17-16(14)23-12(7-20-17)15-11-5-4-10(19)6-13(11)25(3)24-15/h4-9H,1-3H3,(H,20,21)(H,22,26). The molecule has 27 heavy (non-hydrogen) atoms. The molecule has 0 aliphatic carbocycles. The quantitative estimate of drug-likeness (QED) is 0.561. The van der Waals surface area contributed by atoms with E-state index in [0.29, 0.717) is 33.3 Å². The lowest BCUT2D eigenvalue weighted by Gasteiger charge is -2.07. The number of nitrogens with zero attached hydrogens (tertiary/aromatic N) is 4. The van der Waals surface area contributed by atoms with Crippen LogP contribution in [0.15, 0.2) is 30.6 Å². The maximum absolute atomic E-state index is 11.9. The second-order valence-electron chi connectivity index (χ2n) is 6.43. The van der Waals surface area contributed by atoms with E-state index in [1.165, 1.54) is 0 Å². The normalized spacial score (nSPS) is 11.4. The van der Waals surface area contributed by atoms with E-state index in [1.807, 2.05) is 39.1 Å². The highest BCUT2D eigenvalue weighted by atomic mass is 35.5. The summed E-state index contributed by atoms with van der Waals surface area (Å²) < 4.78 is 7.09. The van der Waals surface area contributed by atoms with Crippen molar-refractivity contribution in [2.75, 3.05) is 0 Å². The molecule has 4 rings (SSSR count). The molecule has 1 aromatic carbocycles. The van der Waals surface area contributed by atoms with Crippen molar-refractivity contribution >= 4 is 39.8 Å². The maximum Gasteiger partial charge on any atom is 0.412 e. The lowest BCUT2D eigenvalue weighted by molar-refractivity contribution is 0.198. The Kier molecular flexibility index (Phi) is 4.19. The van der Waals surface area contributed by atoms with Gasteiger partial charge in [0.1, 0.15) is 11.4 Å². The summed E-state index contributed by atoms with van der Waals surface area (Å²) in [6, 6.07) is 5.52. The fraction of sp³-hybridized carbons (Fsp3) is 0.222. The van der Waals surface area contributed by atoms with Gasteiger partial charge in [0, 0.05) is 29.7 Å². The number of aromatic amines is 1. The van der Waals surface area contributed by atoms with Gasteiger partial charge in [0.25, 0.3) is 0 Å². The number of rotatable bonds is 3. The van der Waals surface area contributed by atoms with Crippen molar-refractivity contribution in [3.63, 3.8) is 0 Å². The van der Waals surface area contributed by atoms with E-state index in [0.717, 1.165) is 10.9 Å². The second-order valence-corrected chi connectivity index (χ2v) is 6.86. The van der Waals surface area contributed by atoms with Crippen molar-refractivity contribution in [3.8, 4) is 17.1 Å². The predicted octanol–water partition coefficient (Wildman–Crippen LogP) is 3.66. The first-order valence-corrected chi connectivity index (χ1v) is 8.75. The first-order chi connectivity index (χ1) is 12.9. The number of aromatic nitrogens is 5. The van der Waals surface area contributed by atoms with E-state index < -0.39 is 6.09 Å². The number of H-pyrrole nitrogens is 1. The number of ether oxygens (including phenoxy) is 1. The van der Waals surface area contributed by atoms with E-state index in [1.54, 1.807) is 17.1 Å². The Hall–Kier alpha value is -3.13. The molecular weight excluding hydrogens is 368 g/mol. The van der Waals surface area contributed by atoms with Gasteiger partial charge in [-0.1, -0.05) is 11.6 Å². The zero-order valence-corrected chi connectivity index (χ0v) is 15.7. The number of carbonyl (C=O) groups is 1. The van der Waals surface area contributed by atoms with Crippen molar-refractivity contribution in [3.05, 3.63) is 35.6 Å². The summed E-state index contributed by atoms with van der Waals surface area (Å²) in [5.74, 6) is 0.306. The van der Waals surface area contributed by atoms with Gasteiger partial charge in [0.05, 0.1) is 11.7 Å². The Morgan fingerprint density at radius 3 is 2.96 bits per heavy atom. The average molecular weight is 385 g/mol. The number of halogens is 1. The topological polar surface area (TPSA) is 97.7 Å². The molecule has 1 amide bonds. The third kappa shape index (κ3) is 3.19. The van der Waals surface area contributed by atoms with E-state index in [2.05, 4.69) is 25.4 Å². The molecule has 138 valence electrons. The number of nitrogens with one attached hydrogen (secondary N) is 2. The zero-order chi connectivity index (χ0) is 19.1. The van der Waals surface area contributed by atoms with Crippen LogP contribution in [-0.2, 0) is 7.05 Å². The van der Waals surface area contributed by atoms with Crippen molar-refractivity contribution in [1.82, 2.24) is 30.0 Å². The second kappa shape index (κ2) is 6.55. The van der Waals surface area contributed by atoms with Crippen LogP contribution in [0.1, 0.15) is 13.8 Å². The molecule has 0 atom stereocenters. The summed E-state index contributed by atoms with van der Waals surface area (Å²) in [6.45, 7) is 3.71. The van der Waals surface area contributed by atoms with Crippen LogP contribution in [0.3, 0.4) is 0 Å². The first-order valence-electron chi connectivity index (χ1n) is 8.37. The van der Waals surface area contributed by atoms with Crippen molar-refractivity contribution in [2.24, 2.45) is 7.05 Å². The smallest absolute Gasteiger partial charge is 0.406 e. The Morgan fingerprint density at radius 1 is 1.37 bits per heavy atom. The summed E-state index contributed by atoms with van der Waals surface area (Å²) in [6.07, 6.45) is 2.65. The van der Waals surface area contributed by atoms with Gasteiger partial charge >= 0.3 is 6.09 Å². The number of carbonyl (C=O) groups excluding carboxylic acids is 1. The molecule has 3 aromatic heterocycles. The van der Waals surface area contributed by atoms with Gasteiger partial charge in [-0.25, -0.2) is 14.8 Å². The van der Waals surface area contributed by atoms with Gasteiger partial charge in [0.15, 0.2) is 16.9 Å². The SMILES string of the molecule is CC(C)NC(=O)Oc1c[nH]c2ncc(-c3nn(C)c4cc(Cl)ccc34)nc12. The number of fused-ring (bicyclic) bond motifs is 2. The number of amides is 1. The van der Waals surface area contributed by atoms with Crippen molar-refractivity contribution in [2.45, 2.75) is 19.9 Å². The Morgan fingerprint density at radius 2 is 2.19 bits per heavy atom. The number of aryl methyl sites for hydroxylation is 1. The number of hydrogen-bond acceptors (Lipinski definition) is 5. The van der Waals surface area contributed by atoms with E-state index in [-0.39, 0.29) is 6.04 Å². The van der Waals surface area contributed by atoms with Gasteiger partial charge in [-0.2, -0.15) is 5.10 Å². The molecule has 0 saturated carbocycles. The molecule has 8 nitrogen and oxygen atoms in total. The van der Waals surface area contributed by atoms with Gasteiger partial charge < -0.3 is 15.0 Å². The summed E-state index contributed by atoms with van der Waals surface area (Å²) in [5.41, 5.74) is 3.12. The molecule has 0 bridgehead atoms. The van der Waals surface area contributed by atoms with Crippen LogP contribution in [0.25, 0.3) is 33.5 Å². The zero-order valence-electron chi connectivity index (χ0n) is 14.9. The minimum atomic E-state index is -0.545. The summed E-state index contributed by atoms with van der Waals surface area (Å²) in [5, 5.41) is 8.76. The van der Waals surface area contributed by atoms with Crippen LogP contribution in [0.5, 0.6) is 5.75 Å². The molecule has 2 N–H and O–H groups in total. The minimum Gasteiger partial charge on any atom is -0.406 e. The fourth-order valence-electron chi connectivity index (χ4n) is 2.85. The van der Waals surface area contributed by atoms with E-state index in [9.17, 15) is 4.79 Å². The highest BCUT2D eigenvalue weighted by Crippen LogP contribution is 2.30. The minimum absolute atomic E-state index is 0.0314. The first kappa shape index (κ1) is 17.3. The summed E-state index contributed by atoms with van der Waals surface area (Å²) >= 11 is 6.09. The molecule has 3 heterocycles. The predicted molar refractivity (Wildman–Crippen MR) is 103 cm³/mol. The summed E-state index contributed by atoms with van der Waals surface area (Å²) in [4.78, 5) is 23.9. The van der Waals surface area contributed by atoms with E-state index >= 15 is 0 Å². The van der Waals surface area contributed by atoms with Gasteiger partial charge in [-0.15, -0.1) is 0 Å². The lowest BCUT2D eigenvalue weighted by atomic mass is 10.2. The lowest BCUT2D eigenvalue weighted by Crippen LogP contribution is -2.32. The van der Waals surface area contributed by atoms with Gasteiger partial charge in [-0.05, 0) is 32.0 Å². The molecule has 0 unspecified atom stereocenters. The van der Waals surface area contributed by atoms with Crippen molar-refractivity contribution < 1.29 is 9.53 Å². The molecule has 0 aliphatic rings. The van der Waals surface area contributed by atoms with Crippen LogP contribution in [-0.4, -0.2) is 36.9 Å². The Balaban J connectivity index is 1.78.